The van der Waals surface area contributed by atoms with Gasteiger partial charge in [0.25, 0.3) is 5.56 Å². The second-order valence-electron chi connectivity index (χ2n) is 14.1. The highest BCUT2D eigenvalue weighted by Crippen LogP contribution is 2.45. The number of aromatic nitrogens is 2. The Morgan fingerprint density at radius 1 is 1.09 bits per heavy atom. The van der Waals surface area contributed by atoms with Gasteiger partial charge in [-0.05, 0) is 120 Å². The van der Waals surface area contributed by atoms with E-state index in [0.29, 0.717) is 19.1 Å². The Labute approximate surface area is 253 Å². The van der Waals surface area contributed by atoms with E-state index in [1.54, 1.807) is 6.07 Å². The van der Waals surface area contributed by atoms with E-state index in [1.165, 1.54) is 5.56 Å². The first kappa shape index (κ1) is 29.4. The predicted molar refractivity (Wildman–Crippen MR) is 170 cm³/mol. The van der Waals surface area contributed by atoms with Gasteiger partial charge in [-0.2, -0.15) is 0 Å². The van der Waals surface area contributed by atoms with Crippen LogP contribution in [0.15, 0.2) is 47.4 Å². The van der Waals surface area contributed by atoms with Crippen molar-refractivity contribution in [2.24, 2.45) is 11.3 Å². The molecular weight excluding hydrogens is 540 g/mol. The Kier molecular flexibility index (Phi) is 7.36. The number of aryl methyl sites for hydroxylation is 1. The molecule has 7 heteroatoms. The van der Waals surface area contributed by atoms with Gasteiger partial charge in [0.15, 0.2) is 0 Å². The van der Waals surface area contributed by atoms with Crippen molar-refractivity contribution in [3.05, 3.63) is 69.6 Å². The highest BCUT2D eigenvalue weighted by atomic mass is 16.6. The van der Waals surface area contributed by atoms with Crippen LogP contribution in [0.1, 0.15) is 77.2 Å². The van der Waals surface area contributed by atoms with E-state index in [0.717, 1.165) is 69.1 Å². The molecule has 1 aliphatic carbocycles. The minimum atomic E-state index is -0.646. The normalized spacial score (nSPS) is 15.9. The molecule has 1 fully saturated rings. The minimum absolute atomic E-state index is 0.00233. The molecule has 1 atom stereocenters. The molecule has 226 valence electrons. The largest absolute Gasteiger partial charge is 0.493 e. The predicted octanol–water partition coefficient (Wildman–Crippen LogP) is 7.32. The molecule has 2 aromatic carbocycles. The van der Waals surface area contributed by atoms with E-state index >= 15 is 0 Å². The van der Waals surface area contributed by atoms with E-state index in [4.69, 9.17) is 19.2 Å². The lowest BCUT2D eigenvalue weighted by atomic mass is 9.86. The minimum Gasteiger partial charge on any atom is -0.493 e. The van der Waals surface area contributed by atoms with Gasteiger partial charge in [-0.25, -0.2) is 0 Å². The molecule has 0 saturated heterocycles. The summed E-state index contributed by atoms with van der Waals surface area (Å²) in [6.07, 6.45) is 4.41. The molecule has 0 spiro atoms. The Morgan fingerprint density at radius 2 is 1.86 bits per heavy atom. The fraction of sp³-hybridized carbons (Fsp3) is 0.472. The number of carbonyl (C=O) groups excluding carboxylic acids is 1. The Balaban J connectivity index is 1.65. The van der Waals surface area contributed by atoms with Gasteiger partial charge in [0.1, 0.15) is 18.5 Å². The van der Waals surface area contributed by atoms with E-state index in [9.17, 15) is 9.59 Å². The first-order valence-electron chi connectivity index (χ1n) is 15.4. The van der Waals surface area contributed by atoms with Crippen LogP contribution in [0, 0.1) is 18.3 Å². The molecule has 7 nitrogen and oxygen atoms in total. The molecule has 1 saturated carbocycles. The van der Waals surface area contributed by atoms with Gasteiger partial charge in [-0.15, -0.1) is 0 Å². The Bertz CT molecular complexity index is 1780. The number of nitrogens with zero attached hydrogens (tertiary/aromatic N) is 2. The lowest BCUT2D eigenvalue weighted by molar-refractivity contribution is -0.162. The molecule has 4 aromatic rings. The average molecular weight is 583 g/mol. The average Bonchev–Trinajstić information content (AvgIpc) is 3.76. The second kappa shape index (κ2) is 10.8. The smallest absolute Gasteiger partial charge is 0.311 e. The molecule has 0 bridgehead atoms. The van der Waals surface area contributed by atoms with E-state index < -0.39 is 17.1 Å². The van der Waals surface area contributed by atoms with Crippen molar-refractivity contribution in [1.82, 2.24) is 9.55 Å². The Morgan fingerprint density at radius 3 is 2.56 bits per heavy atom. The summed E-state index contributed by atoms with van der Waals surface area (Å²) in [6, 6.07) is 11.9. The summed E-state index contributed by atoms with van der Waals surface area (Å²) < 4.78 is 20.6. The molecular formula is C36H42N2O5. The lowest BCUT2D eigenvalue weighted by Crippen LogP contribution is -2.30. The molecule has 6 rings (SSSR count). The second-order valence-corrected chi connectivity index (χ2v) is 14.1. The molecule has 0 amide bonds. The third kappa shape index (κ3) is 5.79. The van der Waals surface area contributed by atoms with Crippen molar-refractivity contribution in [2.45, 2.75) is 86.0 Å². The number of benzene rings is 2. The van der Waals surface area contributed by atoms with Gasteiger partial charge >= 0.3 is 5.97 Å². The number of ether oxygens (including phenoxy) is 3. The summed E-state index contributed by atoms with van der Waals surface area (Å²) in [4.78, 5) is 31.1. The van der Waals surface area contributed by atoms with Crippen LogP contribution >= 0.6 is 0 Å². The lowest BCUT2D eigenvalue weighted by Gasteiger charge is -2.32. The van der Waals surface area contributed by atoms with Crippen LogP contribution in [-0.2, 0) is 27.2 Å². The summed E-state index contributed by atoms with van der Waals surface area (Å²) >= 11 is 0. The monoisotopic (exact) mass is 582 g/mol. The van der Waals surface area contributed by atoms with Crippen LogP contribution in [0.5, 0.6) is 5.75 Å². The number of hydrogen-bond donors (Lipinski definition) is 0. The van der Waals surface area contributed by atoms with Crippen LogP contribution in [-0.4, -0.2) is 34.3 Å². The third-order valence-electron chi connectivity index (χ3n) is 8.31. The molecule has 43 heavy (non-hydrogen) atoms. The highest BCUT2D eigenvalue weighted by Gasteiger charge is 2.32. The van der Waals surface area contributed by atoms with Crippen molar-refractivity contribution in [3.8, 4) is 16.9 Å². The zero-order chi connectivity index (χ0) is 30.7. The van der Waals surface area contributed by atoms with Gasteiger partial charge in [0, 0.05) is 41.6 Å². The van der Waals surface area contributed by atoms with Crippen molar-refractivity contribution in [1.29, 1.82) is 0 Å². The molecule has 2 aromatic heterocycles. The van der Waals surface area contributed by atoms with Crippen LogP contribution in [0.4, 0.5) is 0 Å². The van der Waals surface area contributed by atoms with Crippen molar-refractivity contribution in [3.63, 3.8) is 0 Å². The molecule has 2 aliphatic rings. The standard InChI is InChI=1S/C36H42N2O5/c1-21-18-26-24(11-13-29(39)38(26)19-22-8-9-22)32(25-10-12-27-31-23(15-17-41-27)14-16-37-33(25)31)30(21)28(43-36(5,6)7)20-42-34(40)35(2,3)4/h10-14,16,18,22,28H,8-9,15,17,19-20H2,1-7H3. The van der Waals surface area contributed by atoms with Gasteiger partial charge < -0.3 is 18.8 Å². The van der Waals surface area contributed by atoms with E-state index in [2.05, 4.69) is 25.1 Å². The first-order valence-corrected chi connectivity index (χ1v) is 15.4. The van der Waals surface area contributed by atoms with Gasteiger partial charge in [0.2, 0.25) is 0 Å². The zero-order valence-corrected chi connectivity index (χ0v) is 26.4. The maximum Gasteiger partial charge on any atom is 0.311 e. The molecule has 1 unspecified atom stereocenters. The third-order valence-corrected chi connectivity index (χ3v) is 8.31. The number of pyridine rings is 2. The van der Waals surface area contributed by atoms with E-state index in [-0.39, 0.29) is 18.1 Å². The van der Waals surface area contributed by atoms with Crippen molar-refractivity contribution >= 4 is 27.8 Å². The maximum atomic E-state index is 13.2. The van der Waals surface area contributed by atoms with Gasteiger partial charge in [-0.1, -0.05) is 0 Å². The topological polar surface area (TPSA) is 79.7 Å². The number of esters is 1. The molecule has 0 radical (unpaired) electrons. The SMILES string of the molecule is Cc1cc2c(ccc(=O)n2CC2CC2)c(-c2ccc3c4c(ccnc24)CCO3)c1C(COC(=O)C(C)(C)C)OC(C)(C)C. The summed E-state index contributed by atoms with van der Waals surface area (Å²) in [7, 11) is 0. The molecule has 0 N–H and O–H groups in total. The molecule has 3 heterocycles. The van der Waals surface area contributed by atoms with Crippen LogP contribution in [0.25, 0.3) is 32.9 Å². The van der Waals surface area contributed by atoms with Crippen molar-refractivity contribution in [2.75, 3.05) is 13.2 Å². The number of hydrogen-bond acceptors (Lipinski definition) is 6. The maximum absolute atomic E-state index is 13.2. The summed E-state index contributed by atoms with van der Waals surface area (Å²) in [5.41, 5.74) is 5.58. The summed E-state index contributed by atoms with van der Waals surface area (Å²) in [5.74, 6) is 1.08. The fourth-order valence-electron chi connectivity index (χ4n) is 6.11. The molecule has 1 aliphatic heterocycles. The van der Waals surface area contributed by atoms with Crippen molar-refractivity contribution < 1.29 is 19.0 Å². The van der Waals surface area contributed by atoms with Gasteiger partial charge in [0.05, 0.1) is 28.7 Å². The Hall–Kier alpha value is -3.71. The summed E-state index contributed by atoms with van der Waals surface area (Å²) in [6.45, 7) is 15.0. The number of fused-ring (bicyclic) bond motifs is 1. The van der Waals surface area contributed by atoms with Crippen LogP contribution in [0.3, 0.4) is 0 Å². The van der Waals surface area contributed by atoms with Gasteiger partial charge in [-0.3, -0.25) is 14.6 Å². The number of carbonyl (C=O) groups is 1. The zero-order valence-electron chi connectivity index (χ0n) is 26.4. The van der Waals surface area contributed by atoms with Crippen LogP contribution < -0.4 is 10.3 Å². The summed E-state index contributed by atoms with van der Waals surface area (Å²) in [5, 5.41) is 1.97. The number of rotatable bonds is 7. The highest BCUT2D eigenvalue weighted by molar-refractivity contribution is 6.07. The van der Waals surface area contributed by atoms with E-state index in [1.807, 2.05) is 64.4 Å². The fourth-order valence-corrected chi connectivity index (χ4v) is 6.11. The quantitative estimate of drug-likeness (QED) is 0.213. The first-order chi connectivity index (χ1) is 20.3. The van der Waals surface area contributed by atoms with Crippen LogP contribution in [0.2, 0.25) is 0 Å².